The van der Waals surface area contributed by atoms with Crippen molar-refractivity contribution in [3.63, 3.8) is 0 Å². The quantitative estimate of drug-likeness (QED) is 0.800. The number of thiophene rings is 1. The van der Waals surface area contributed by atoms with Crippen molar-refractivity contribution in [1.82, 2.24) is 9.80 Å². The number of nitrogens with zero attached hydrogens (tertiary/aromatic N) is 2. The van der Waals surface area contributed by atoms with Gasteiger partial charge in [-0.2, -0.15) is 0 Å². The predicted octanol–water partition coefficient (Wildman–Crippen LogP) is 2.67. The third kappa shape index (κ3) is 2.48. The average molecular weight is 306 g/mol. The van der Waals surface area contributed by atoms with Crippen molar-refractivity contribution in [2.75, 3.05) is 20.1 Å². The zero-order chi connectivity index (χ0) is 15.0. The molecule has 114 valence electrons. The largest absolute Gasteiger partial charge is 0.338 e. The summed E-state index contributed by atoms with van der Waals surface area (Å²) in [7, 11) is 1.91. The molecule has 0 aliphatic carbocycles. The Hall–Kier alpha value is -1.36. The number of likely N-dealkylation sites (N-methyl/N-ethyl adjacent to an activating group) is 1. The second-order valence-electron chi connectivity index (χ2n) is 6.29. The first-order valence-corrected chi connectivity index (χ1v) is 8.51. The first-order chi connectivity index (χ1) is 10.0. The molecule has 0 N–H and O–H groups in total. The molecule has 2 fully saturated rings. The van der Waals surface area contributed by atoms with Crippen molar-refractivity contribution in [3.8, 4) is 0 Å². The molecule has 2 aliphatic heterocycles. The molecule has 3 heterocycles. The highest BCUT2D eigenvalue weighted by molar-refractivity contribution is 7.12. The Bertz CT molecular complexity index is 564. The van der Waals surface area contributed by atoms with E-state index in [4.69, 9.17) is 0 Å². The number of likely N-dealkylation sites (tertiary alicyclic amines) is 2. The molecule has 0 saturated carbocycles. The zero-order valence-corrected chi connectivity index (χ0v) is 13.5. The molecule has 0 aromatic carbocycles. The summed E-state index contributed by atoms with van der Waals surface area (Å²) >= 11 is 1.52. The third-order valence-electron chi connectivity index (χ3n) is 5.02. The molecule has 21 heavy (non-hydrogen) atoms. The van der Waals surface area contributed by atoms with E-state index in [1.54, 1.807) is 0 Å². The van der Waals surface area contributed by atoms with Gasteiger partial charge in [-0.3, -0.25) is 9.59 Å². The number of rotatable bonds is 1. The number of aryl methyl sites for hydroxylation is 1. The van der Waals surface area contributed by atoms with Crippen LogP contribution in [0.15, 0.2) is 11.4 Å². The average Bonchev–Trinajstić information content (AvgIpc) is 2.90. The van der Waals surface area contributed by atoms with E-state index in [0.29, 0.717) is 13.0 Å². The SMILES string of the molecule is Cc1ccsc1C(=O)N1CCC[C@]2(CCCC(=O)N2C)C1. The van der Waals surface area contributed by atoms with E-state index in [2.05, 4.69) is 0 Å². The fourth-order valence-corrected chi connectivity index (χ4v) is 4.56. The number of amides is 2. The molecule has 0 bridgehead atoms. The lowest BCUT2D eigenvalue weighted by Gasteiger charge is -2.50. The summed E-state index contributed by atoms with van der Waals surface area (Å²) in [5, 5.41) is 1.97. The fourth-order valence-electron chi connectivity index (χ4n) is 3.67. The summed E-state index contributed by atoms with van der Waals surface area (Å²) in [4.78, 5) is 29.5. The Kier molecular flexibility index (Phi) is 3.78. The van der Waals surface area contributed by atoms with Gasteiger partial charge in [-0.25, -0.2) is 0 Å². The summed E-state index contributed by atoms with van der Waals surface area (Å²) in [5.74, 6) is 0.357. The lowest BCUT2D eigenvalue weighted by Crippen LogP contribution is -2.61. The summed E-state index contributed by atoms with van der Waals surface area (Å²) in [5.41, 5.74) is 0.923. The van der Waals surface area contributed by atoms with Crippen LogP contribution in [0.4, 0.5) is 0 Å². The number of hydrogen-bond donors (Lipinski definition) is 0. The molecule has 3 rings (SSSR count). The number of hydrogen-bond acceptors (Lipinski definition) is 3. The molecule has 2 aliphatic rings. The maximum absolute atomic E-state index is 12.7. The number of piperidine rings is 2. The van der Waals surface area contributed by atoms with Gasteiger partial charge in [0.1, 0.15) is 0 Å². The van der Waals surface area contributed by atoms with E-state index in [9.17, 15) is 9.59 Å². The minimum Gasteiger partial charge on any atom is -0.338 e. The summed E-state index contributed by atoms with van der Waals surface area (Å²) in [6.45, 7) is 3.48. The lowest BCUT2D eigenvalue weighted by atomic mass is 9.80. The van der Waals surface area contributed by atoms with Crippen LogP contribution in [0.25, 0.3) is 0 Å². The molecule has 0 unspecified atom stereocenters. The Morgan fingerprint density at radius 2 is 2.10 bits per heavy atom. The van der Waals surface area contributed by atoms with E-state index >= 15 is 0 Å². The van der Waals surface area contributed by atoms with Crippen LogP contribution >= 0.6 is 11.3 Å². The Labute approximate surface area is 129 Å². The Morgan fingerprint density at radius 3 is 2.81 bits per heavy atom. The summed E-state index contributed by atoms with van der Waals surface area (Å²) in [6, 6.07) is 1.99. The van der Waals surface area contributed by atoms with Gasteiger partial charge in [0.2, 0.25) is 5.91 Å². The monoisotopic (exact) mass is 306 g/mol. The molecule has 2 amide bonds. The van der Waals surface area contributed by atoms with Gasteiger partial charge < -0.3 is 9.80 Å². The van der Waals surface area contributed by atoms with Gasteiger partial charge in [-0.15, -0.1) is 11.3 Å². The smallest absolute Gasteiger partial charge is 0.264 e. The van der Waals surface area contributed by atoms with Gasteiger partial charge >= 0.3 is 0 Å². The first-order valence-electron chi connectivity index (χ1n) is 7.63. The van der Waals surface area contributed by atoms with Crippen molar-refractivity contribution in [3.05, 3.63) is 21.9 Å². The van der Waals surface area contributed by atoms with Gasteiger partial charge in [0.15, 0.2) is 0 Å². The molecular formula is C16H22N2O2S. The van der Waals surface area contributed by atoms with Crippen LogP contribution in [0, 0.1) is 6.92 Å². The van der Waals surface area contributed by atoms with Crippen LogP contribution in [0.3, 0.4) is 0 Å². The molecule has 1 aromatic heterocycles. The maximum atomic E-state index is 12.7. The van der Waals surface area contributed by atoms with Gasteiger partial charge in [0, 0.05) is 26.6 Å². The predicted molar refractivity (Wildman–Crippen MR) is 83.5 cm³/mol. The van der Waals surface area contributed by atoms with E-state index in [1.807, 2.05) is 35.2 Å². The van der Waals surface area contributed by atoms with Crippen LogP contribution in [-0.4, -0.2) is 47.3 Å². The van der Waals surface area contributed by atoms with E-state index in [0.717, 1.165) is 42.7 Å². The number of carbonyl (C=O) groups is 2. The highest BCUT2D eigenvalue weighted by Crippen LogP contribution is 2.36. The van der Waals surface area contributed by atoms with Crippen LogP contribution in [0.2, 0.25) is 0 Å². The van der Waals surface area contributed by atoms with Crippen LogP contribution in [0.5, 0.6) is 0 Å². The third-order valence-corrected chi connectivity index (χ3v) is 6.02. The molecule has 1 spiro atoms. The van der Waals surface area contributed by atoms with Crippen LogP contribution in [-0.2, 0) is 4.79 Å². The van der Waals surface area contributed by atoms with E-state index < -0.39 is 0 Å². The highest BCUT2D eigenvalue weighted by atomic mass is 32.1. The standard InChI is InChI=1S/C16H22N2O2S/c1-12-6-10-21-14(12)15(20)18-9-4-8-16(11-18)7-3-5-13(19)17(16)2/h6,10H,3-5,7-9,11H2,1-2H3/t16-/m1/s1. The Balaban J connectivity index is 1.81. The molecular weight excluding hydrogens is 284 g/mol. The molecule has 5 heteroatoms. The molecule has 1 atom stereocenters. The minimum atomic E-state index is -0.131. The second-order valence-corrected chi connectivity index (χ2v) is 7.21. The zero-order valence-electron chi connectivity index (χ0n) is 12.7. The van der Waals surface area contributed by atoms with Crippen LogP contribution in [0.1, 0.15) is 47.3 Å². The van der Waals surface area contributed by atoms with Gasteiger partial charge in [0.05, 0.1) is 10.4 Å². The summed E-state index contributed by atoms with van der Waals surface area (Å²) < 4.78 is 0. The van der Waals surface area contributed by atoms with E-state index in [1.165, 1.54) is 11.3 Å². The van der Waals surface area contributed by atoms with E-state index in [-0.39, 0.29) is 17.4 Å². The molecule has 0 radical (unpaired) electrons. The lowest BCUT2D eigenvalue weighted by molar-refractivity contribution is -0.142. The molecule has 1 aromatic rings. The minimum absolute atomic E-state index is 0.131. The van der Waals surface area contributed by atoms with Crippen LogP contribution < -0.4 is 0 Å². The Morgan fingerprint density at radius 1 is 1.33 bits per heavy atom. The van der Waals surface area contributed by atoms with Gasteiger partial charge in [0.25, 0.3) is 5.91 Å². The van der Waals surface area contributed by atoms with Gasteiger partial charge in [-0.05, 0) is 49.6 Å². The normalized spacial score (nSPS) is 26.5. The van der Waals surface area contributed by atoms with Crippen molar-refractivity contribution >= 4 is 23.2 Å². The topological polar surface area (TPSA) is 40.6 Å². The maximum Gasteiger partial charge on any atom is 0.264 e. The first kappa shape index (κ1) is 14.6. The summed E-state index contributed by atoms with van der Waals surface area (Å²) in [6.07, 6.45) is 4.61. The van der Waals surface area contributed by atoms with Gasteiger partial charge in [-0.1, -0.05) is 0 Å². The fraction of sp³-hybridized carbons (Fsp3) is 0.625. The molecule has 2 saturated heterocycles. The van der Waals surface area contributed by atoms with Crippen molar-refractivity contribution in [2.45, 2.75) is 44.6 Å². The highest BCUT2D eigenvalue weighted by Gasteiger charge is 2.44. The van der Waals surface area contributed by atoms with Crippen molar-refractivity contribution in [2.24, 2.45) is 0 Å². The second kappa shape index (κ2) is 5.44. The van der Waals surface area contributed by atoms with Crippen molar-refractivity contribution < 1.29 is 9.59 Å². The molecule has 4 nitrogen and oxygen atoms in total. The van der Waals surface area contributed by atoms with Crippen molar-refractivity contribution in [1.29, 1.82) is 0 Å². The number of carbonyl (C=O) groups excluding carboxylic acids is 2.